The molecule has 0 unspecified atom stereocenters. The Morgan fingerprint density at radius 3 is 1.00 bits per heavy atom. The molecule has 0 aliphatic heterocycles. The molecule has 5 radical (unpaired) electrons. The first-order valence-corrected chi connectivity index (χ1v) is 0. The van der Waals surface area contributed by atoms with Gasteiger partial charge in [0, 0.05) is 58.1 Å². The van der Waals surface area contributed by atoms with Crippen molar-refractivity contribution in [2.24, 2.45) is 0 Å². The van der Waals surface area contributed by atoms with E-state index in [1.807, 2.05) is 0 Å². The predicted octanol–water partition coefficient (Wildman–Crippen LogP) is 0.0738. The van der Waals surface area contributed by atoms with Crippen molar-refractivity contribution in [3.63, 3.8) is 0 Å². The molecule has 0 rings (SSSR count). The van der Waals surface area contributed by atoms with Crippen LogP contribution in [0.2, 0.25) is 0 Å². The second kappa shape index (κ2) is 24.1. The van der Waals surface area contributed by atoms with Crippen LogP contribution < -0.4 is 0 Å². The Kier molecular flexibility index (Phi) is 291. The average Bonchev–Trinajstić information content (AvgIpc) is 0. The van der Waals surface area contributed by atoms with Gasteiger partial charge in [-0.3, -0.25) is 0 Å². The molecule has 0 saturated carbocycles. The third-order valence-electron chi connectivity index (χ3n) is 0. The summed E-state index contributed by atoms with van der Waals surface area (Å²) in [6.07, 6.45) is 0. The summed E-state index contributed by atoms with van der Waals surface area (Å²) in [5, 5.41) is 0. The Morgan fingerprint density at radius 2 is 1.00 bits per heavy atom. The molecule has 3 heteroatoms. The van der Waals surface area contributed by atoms with E-state index in [4.69, 9.17) is 0 Å². The minimum Gasteiger partial charge on any atom is 0 e. The Labute approximate surface area is 58.0 Å². The molecule has 0 heterocycles. The van der Waals surface area contributed by atoms with E-state index in [2.05, 4.69) is 0 Å². The van der Waals surface area contributed by atoms with E-state index >= 15 is 0 Å². The Hall–Kier alpha value is 1.53. The minimum absolute atomic E-state index is 0. The zero-order valence-electron chi connectivity index (χ0n) is 1.55. The maximum Gasteiger partial charge on any atom is 0 e. The van der Waals surface area contributed by atoms with Crippen LogP contribution in [-0.4, -0.2) is 0 Å². The van der Waals surface area contributed by atoms with Crippen LogP contribution in [0.1, 0.15) is 0 Å². The second-order valence-corrected chi connectivity index (χ2v) is 0. The molecule has 0 N–H and O–H groups in total. The molecule has 0 saturated heterocycles. The fourth-order valence-corrected chi connectivity index (χ4v) is 0. The van der Waals surface area contributed by atoms with Gasteiger partial charge in [0.15, 0.2) is 0 Å². The fraction of sp³-hybridized carbons (Fsp3) is 0. The smallest absolute Gasteiger partial charge is 0 e. The Balaban J connectivity index is 0. The van der Waals surface area contributed by atoms with Gasteiger partial charge in [-0.05, 0) is 0 Å². The number of hydrogen-bond donors (Lipinski definition) is 0. The standard InChI is InChI=1S/C.Fe.Mn.Ni. The van der Waals surface area contributed by atoms with Crippen LogP contribution in [0.15, 0.2) is 0 Å². The SMILES string of the molecule is [C].[Fe].[Mn].[Ni]. The van der Waals surface area contributed by atoms with Gasteiger partial charge in [-0.2, -0.15) is 0 Å². The van der Waals surface area contributed by atoms with Crippen molar-refractivity contribution in [1.29, 1.82) is 0 Å². The molecule has 0 spiro atoms. The van der Waals surface area contributed by atoms with Crippen molar-refractivity contribution in [3.05, 3.63) is 7.43 Å². The summed E-state index contributed by atoms with van der Waals surface area (Å²) in [5.74, 6) is 0. The third kappa shape index (κ3) is 9.65. The van der Waals surface area contributed by atoms with Gasteiger partial charge in [-0.25, -0.2) is 0 Å². The molecule has 0 atom stereocenters. The maximum absolute atomic E-state index is 0. The van der Waals surface area contributed by atoms with E-state index in [9.17, 15) is 0 Å². The molecule has 0 aliphatic carbocycles. The summed E-state index contributed by atoms with van der Waals surface area (Å²) in [4.78, 5) is 0. The van der Waals surface area contributed by atoms with Gasteiger partial charge >= 0.3 is 0 Å². The molecule has 4 heavy (non-hydrogen) atoms. The third-order valence-corrected chi connectivity index (χ3v) is 0. The van der Waals surface area contributed by atoms with E-state index in [-0.39, 0.29) is 58.1 Å². The summed E-state index contributed by atoms with van der Waals surface area (Å²) in [6, 6.07) is 0. The molecule has 0 aromatic carbocycles. The quantitative estimate of drug-likeness (QED) is 0.464. The van der Waals surface area contributed by atoms with Crippen LogP contribution in [0.3, 0.4) is 0 Å². The average molecular weight is 181 g/mol. The van der Waals surface area contributed by atoms with Crippen molar-refractivity contribution in [2.45, 2.75) is 0 Å². The van der Waals surface area contributed by atoms with Crippen LogP contribution in [-0.2, 0) is 50.6 Å². The summed E-state index contributed by atoms with van der Waals surface area (Å²) < 4.78 is 0. The van der Waals surface area contributed by atoms with Crippen molar-refractivity contribution >= 4 is 0 Å². The molecule has 0 fully saturated rings. The number of hydrogen-bond acceptors (Lipinski definition) is 0. The van der Waals surface area contributed by atoms with E-state index in [0.717, 1.165) is 0 Å². The zero-order valence-corrected chi connectivity index (χ0v) is 4.82. The number of rotatable bonds is 0. The topological polar surface area (TPSA) is 0 Å². The first-order valence-electron chi connectivity index (χ1n) is 0. The summed E-state index contributed by atoms with van der Waals surface area (Å²) in [5.41, 5.74) is 0. The molecule has 0 bridgehead atoms. The van der Waals surface area contributed by atoms with Gasteiger partial charge in [0.05, 0.1) is 0 Å². The van der Waals surface area contributed by atoms with E-state index in [1.165, 1.54) is 0 Å². The van der Waals surface area contributed by atoms with Gasteiger partial charge in [-0.15, -0.1) is 0 Å². The second-order valence-electron chi connectivity index (χ2n) is 0. The molecule has 0 amide bonds. The van der Waals surface area contributed by atoms with Crippen LogP contribution in [0, 0.1) is 7.43 Å². The minimum atomic E-state index is 0. The van der Waals surface area contributed by atoms with E-state index < -0.39 is 0 Å². The van der Waals surface area contributed by atoms with E-state index in [0.29, 0.717) is 0 Å². The normalized spacial score (nSPS) is 0. The van der Waals surface area contributed by atoms with Gasteiger partial charge < -0.3 is 0 Å². The van der Waals surface area contributed by atoms with Gasteiger partial charge in [0.1, 0.15) is 0 Å². The van der Waals surface area contributed by atoms with Crippen molar-refractivity contribution in [2.75, 3.05) is 0 Å². The Morgan fingerprint density at radius 1 is 1.00 bits per heavy atom. The maximum atomic E-state index is 0. The summed E-state index contributed by atoms with van der Waals surface area (Å²) in [7, 11) is 0. The first-order chi connectivity index (χ1) is 0. The van der Waals surface area contributed by atoms with Gasteiger partial charge in [0.2, 0.25) is 0 Å². The first kappa shape index (κ1) is 48.4. The molecule has 0 aliphatic rings. The molecule has 29 valence electrons. The molecule has 0 aromatic rings. The Bertz CT molecular complexity index is 8.00. The van der Waals surface area contributed by atoms with Gasteiger partial charge in [0.25, 0.3) is 0 Å². The van der Waals surface area contributed by atoms with Crippen molar-refractivity contribution in [1.82, 2.24) is 0 Å². The van der Waals surface area contributed by atoms with Crippen LogP contribution in [0.5, 0.6) is 0 Å². The van der Waals surface area contributed by atoms with Crippen molar-refractivity contribution in [3.8, 4) is 0 Å². The molecular weight excluding hydrogens is 181 g/mol. The zero-order chi connectivity index (χ0) is 0. The largest absolute Gasteiger partial charge is 0 e. The molecular formula is CFeMnNi. The molecule has 0 nitrogen and oxygen atoms in total. The summed E-state index contributed by atoms with van der Waals surface area (Å²) >= 11 is 0. The van der Waals surface area contributed by atoms with Crippen LogP contribution >= 0.6 is 0 Å². The van der Waals surface area contributed by atoms with Crippen LogP contribution in [0.4, 0.5) is 0 Å². The van der Waals surface area contributed by atoms with E-state index in [1.54, 1.807) is 0 Å². The van der Waals surface area contributed by atoms with Crippen molar-refractivity contribution < 1.29 is 50.6 Å². The molecule has 0 aromatic heterocycles. The monoisotopic (exact) mass is 181 g/mol. The predicted molar refractivity (Wildman–Crippen MR) is 3.24 cm³/mol. The van der Waals surface area contributed by atoms with Crippen LogP contribution in [0.25, 0.3) is 0 Å². The van der Waals surface area contributed by atoms with Gasteiger partial charge in [-0.1, -0.05) is 0 Å². The fourth-order valence-electron chi connectivity index (χ4n) is 0. The summed E-state index contributed by atoms with van der Waals surface area (Å²) in [6.45, 7) is 0.